The first-order valence-electron chi connectivity index (χ1n) is 8.04. The first-order chi connectivity index (χ1) is 9.72. The van der Waals surface area contributed by atoms with E-state index in [1.165, 1.54) is 24.0 Å². The van der Waals surface area contributed by atoms with Gasteiger partial charge in [0.25, 0.3) is 0 Å². The maximum Gasteiger partial charge on any atom is 0.164 e. The second kappa shape index (κ2) is 4.31. The maximum absolute atomic E-state index is 12.8. The molecule has 3 aliphatic rings. The number of carbonyl (C=O) groups excluding carboxylic acids is 1. The minimum absolute atomic E-state index is 0.258. The number of aryl methyl sites for hydroxylation is 1. The second-order valence-electron chi connectivity index (χ2n) is 7.03. The van der Waals surface area contributed by atoms with Crippen LogP contribution >= 0.6 is 0 Å². The Balaban J connectivity index is 1.75. The van der Waals surface area contributed by atoms with Crippen molar-refractivity contribution in [2.75, 3.05) is 0 Å². The second-order valence-corrected chi connectivity index (χ2v) is 7.03. The first kappa shape index (κ1) is 12.4. The molecule has 0 radical (unpaired) electrons. The van der Waals surface area contributed by atoms with E-state index in [1.54, 1.807) is 0 Å². The van der Waals surface area contributed by atoms with Crippen molar-refractivity contribution in [3.8, 4) is 0 Å². The fraction of sp³-hybridized carbons (Fsp3) is 0.526. The SMILES string of the molecule is CCCc1cccc2c1C(=O)CC1(C2)CC2C=CC1C2. The highest BCUT2D eigenvalue weighted by molar-refractivity contribution is 6.00. The molecule has 3 unspecified atom stereocenters. The average Bonchev–Trinajstić information content (AvgIpc) is 2.99. The third-order valence-corrected chi connectivity index (χ3v) is 5.72. The Morgan fingerprint density at radius 1 is 1.25 bits per heavy atom. The van der Waals surface area contributed by atoms with Gasteiger partial charge in [0.1, 0.15) is 0 Å². The van der Waals surface area contributed by atoms with Crippen LogP contribution in [0.2, 0.25) is 0 Å². The molecular weight excluding hydrogens is 244 g/mol. The molecule has 4 rings (SSSR count). The van der Waals surface area contributed by atoms with E-state index in [-0.39, 0.29) is 5.41 Å². The Kier molecular flexibility index (Phi) is 2.67. The molecule has 1 spiro atoms. The van der Waals surface area contributed by atoms with Crippen LogP contribution in [0.25, 0.3) is 0 Å². The fourth-order valence-corrected chi connectivity index (χ4v) is 4.95. The molecule has 1 aromatic rings. The van der Waals surface area contributed by atoms with Crippen LogP contribution in [0.1, 0.15) is 54.1 Å². The van der Waals surface area contributed by atoms with Crippen LogP contribution in [0.4, 0.5) is 0 Å². The summed E-state index contributed by atoms with van der Waals surface area (Å²) < 4.78 is 0. The fourth-order valence-electron chi connectivity index (χ4n) is 4.95. The first-order valence-corrected chi connectivity index (χ1v) is 8.04. The van der Waals surface area contributed by atoms with Gasteiger partial charge >= 0.3 is 0 Å². The monoisotopic (exact) mass is 266 g/mol. The summed E-state index contributed by atoms with van der Waals surface area (Å²) >= 11 is 0. The van der Waals surface area contributed by atoms with Crippen molar-refractivity contribution in [2.24, 2.45) is 17.3 Å². The molecule has 1 heteroatoms. The van der Waals surface area contributed by atoms with E-state index in [1.807, 2.05) is 0 Å². The van der Waals surface area contributed by atoms with Gasteiger partial charge in [-0.2, -0.15) is 0 Å². The van der Waals surface area contributed by atoms with Crippen LogP contribution in [0.15, 0.2) is 30.4 Å². The lowest BCUT2D eigenvalue weighted by atomic mass is 9.63. The number of hydrogen-bond donors (Lipinski definition) is 0. The van der Waals surface area contributed by atoms with E-state index < -0.39 is 0 Å². The molecule has 20 heavy (non-hydrogen) atoms. The molecule has 3 aliphatic carbocycles. The van der Waals surface area contributed by atoms with E-state index in [0.717, 1.165) is 37.2 Å². The smallest absolute Gasteiger partial charge is 0.164 e. The summed E-state index contributed by atoms with van der Waals surface area (Å²) in [5, 5.41) is 0. The van der Waals surface area contributed by atoms with Crippen LogP contribution in [0.5, 0.6) is 0 Å². The van der Waals surface area contributed by atoms with Gasteiger partial charge in [-0.15, -0.1) is 0 Å². The zero-order valence-electron chi connectivity index (χ0n) is 12.2. The molecule has 0 N–H and O–H groups in total. The van der Waals surface area contributed by atoms with Crippen molar-refractivity contribution in [1.29, 1.82) is 0 Å². The molecule has 3 atom stereocenters. The van der Waals surface area contributed by atoms with Gasteiger partial charge in [0.05, 0.1) is 0 Å². The summed E-state index contributed by atoms with van der Waals surface area (Å²) in [5.74, 6) is 1.81. The highest BCUT2D eigenvalue weighted by Crippen LogP contribution is 2.57. The maximum atomic E-state index is 12.8. The number of Topliss-reactive ketones (excluding diaryl/α,β-unsaturated/α-hetero) is 1. The van der Waals surface area contributed by atoms with Crippen molar-refractivity contribution in [2.45, 2.75) is 45.4 Å². The molecule has 2 bridgehead atoms. The molecular formula is C19H22O. The van der Waals surface area contributed by atoms with E-state index in [2.05, 4.69) is 37.3 Å². The van der Waals surface area contributed by atoms with Gasteiger partial charge < -0.3 is 0 Å². The van der Waals surface area contributed by atoms with Crippen LogP contribution in [0.3, 0.4) is 0 Å². The Bertz CT molecular complexity index is 598. The molecule has 0 heterocycles. The number of hydrogen-bond acceptors (Lipinski definition) is 1. The number of allylic oxidation sites excluding steroid dienone is 2. The van der Waals surface area contributed by atoms with Crippen molar-refractivity contribution >= 4 is 5.78 Å². The summed E-state index contributed by atoms with van der Waals surface area (Å²) in [6.45, 7) is 2.19. The summed E-state index contributed by atoms with van der Waals surface area (Å²) in [6.07, 6.45) is 11.3. The summed E-state index contributed by atoms with van der Waals surface area (Å²) in [7, 11) is 0. The lowest BCUT2D eigenvalue weighted by Gasteiger charge is -2.39. The molecule has 104 valence electrons. The third-order valence-electron chi connectivity index (χ3n) is 5.72. The highest BCUT2D eigenvalue weighted by atomic mass is 16.1. The van der Waals surface area contributed by atoms with Gasteiger partial charge in [-0.25, -0.2) is 0 Å². The predicted octanol–water partition coefficient (Wildman–Crippen LogP) is 4.35. The topological polar surface area (TPSA) is 17.1 Å². The molecule has 0 saturated heterocycles. The molecule has 1 aromatic carbocycles. The lowest BCUT2D eigenvalue weighted by Crippen LogP contribution is -2.36. The van der Waals surface area contributed by atoms with Gasteiger partial charge in [-0.3, -0.25) is 4.79 Å². The van der Waals surface area contributed by atoms with Crippen LogP contribution in [-0.2, 0) is 12.8 Å². The summed E-state index contributed by atoms with van der Waals surface area (Å²) in [6, 6.07) is 6.50. The highest BCUT2D eigenvalue weighted by Gasteiger charge is 2.51. The standard InChI is InChI=1S/C19H22O/c1-2-4-14-5-3-6-15-11-19(12-17(20)18(14)15)10-13-7-8-16(19)9-13/h3,5-8,13,16H,2,4,9-12H2,1H3. The zero-order valence-corrected chi connectivity index (χ0v) is 12.2. The molecule has 1 nitrogen and oxygen atoms in total. The normalized spacial score (nSPS) is 34.0. The van der Waals surface area contributed by atoms with E-state index in [9.17, 15) is 4.79 Å². The van der Waals surface area contributed by atoms with Crippen LogP contribution in [0, 0.1) is 17.3 Å². The average molecular weight is 266 g/mol. The molecule has 1 saturated carbocycles. The quantitative estimate of drug-likeness (QED) is 0.727. The summed E-state index contributed by atoms with van der Waals surface area (Å²) in [4.78, 5) is 12.8. The van der Waals surface area contributed by atoms with Gasteiger partial charge in [0.15, 0.2) is 5.78 Å². The minimum Gasteiger partial charge on any atom is -0.294 e. The Morgan fingerprint density at radius 3 is 2.85 bits per heavy atom. The van der Waals surface area contributed by atoms with Crippen molar-refractivity contribution in [3.63, 3.8) is 0 Å². The lowest BCUT2D eigenvalue weighted by molar-refractivity contribution is 0.0847. The van der Waals surface area contributed by atoms with Crippen LogP contribution in [-0.4, -0.2) is 5.78 Å². The predicted molar refractivity (Wildman–Crippen MR) is 80.9 cm³/mol. The molecule has 0 amide bonds. The van der Waals surface area contributed by atoms with Crippen LogP contribution < -0.4 is 0 Å². The Labute approximate surface area is 121 Å². The zero-order chi connectivity index (χ0) is 13.7. The van der Waals surface area contributed by atoms with Gasteiger partial charge in [0.2, 0.25) is 0 Å². The number of rotatable bonds is 2. The summed E-state index contributed by atoms with van der Waals surface area (Å²) in [5.41, 5.74) is 3.94. The Hall–Kier alpha value is -1.37. The molecule has 0 aliphatic heterocycles. The van der Waals surface area contributed by atoms with Gasteiger partial charge in [-0.05, 0) is 54.1 Å². The number of ketones is 1. The third kappa shape index (κ3) is 1.65. The number of benzene rings is 1. The Morgan fingerprint density at radius 2 is 2.15 bits per heavy atom. The number of fused-ring (bicyclic) bond motifs is 4. The number of carbonyl (C=O) groups is 1. The largest absolute Gasteiger partial charge is 0.294 e. The molecule has 0 aromatic heterocycles. The van der Waals surface area contributed by atoms with Gasteiger partial charge in [0, 0.05) is 12.0 Å². The van der Waals surface area contributed by atoms with E-state index in [4.69, 9.17) is 0 Å². The van der Waals surface area contributed by atoms with Crippen molar-refractivity contribution in [1.82, 2.24) is 0 Å². The van der Waals surface area contributed by atoms with E-state index in [0.29, 0.717) is 11.7 Å². The van der Waals surface area contributed by atoms with Crippen molar-refractivity contribution in [3.05, 3.63) is 47.0 Å². The van der Waals surface area contributed by atoms with Crippen molar-refractivity contribution < 1.29 is 4.79 Å². The minimum atomic E-state index is 0.258. The molecule has 1 fully saturated rings. The van der Waals surface area contributed by atoms with Gasteiger partial charge in [-0.1, -0.05) is 43.7 Å². The van der Waals surface area contributed by atoms with E-state index >= 15 is 0 Å².